The van der Waals surface area contributed by atoms with Crippen molar-refractivity contribution in [2.24, 2.45) is 11.8 Å². The summed E-state index contributed by atoms with van der Waals surface area (Å²) in [5.41, 5.74) is 8.85. The topological polar surface area (TPSA) is 96.9 Å². The molecule has 164 valence electrons. The summed E-state index contributed by atoms with van der Waals surface area (Å²) < 4.78 is 5.90. The van der Waals surface area contributed by atoms with E-state index in [0.717, 1.165) is 28.0 Å². The van der Waals surface area contributed by atoms with E-state index < -0.39 is 0 Å². The number of anilines is 1. The minimum Gasteiger partial charge on any atom is -0.478 e. The highest BCUT2D eigenvalue weighted by molar-refractivity contribution is 7.11. The molecule has 0 bridgehead atoms. The van der Waals surface area contributed by atoms with Crippen LogP contribution in [0.3, 0.4) is 0 Å². The maximum Gasteiger partial charge on any atom is 0.218 e. The molecule has 1 aliphatic carbocycles. The number of aromatic nitrogens is 4. The van der Waals surface area contributed by atoms with Crippen LogP contribution in [0.25, 0.3) is 0 Å². The lowest BCUT2D eigenvalue weighted by atomic mass is 10.2. The van der Waals surface area contributed by atoms with Gasteiger partial charge in [-0.15, -0.1) is 10.2 Å². The number of allylic oxidation sites excluding steroid dienone is 4. The molecule has 2 aromatic rings. The third-order valence-corrected chi connectivity index (χ3v) is 5.62. The molecule has 1 saturated carbocycles. The van der Waals surface area contributed by atoms with Crippen LogP contribution in [0.2, 0.25) is 0 Å². The van der Waals surface area contributed by atoms with Crippen molar-refractivity contribution in [1.29, 1.82) is 0 Å². The third-order valence-electron chi connectivity index (χ3n) is 4.78. The Morgan fingerprint density at radius 1 is 1.17 bits per heavy atom. The van der Waals surface area contributed by atoms with E-state index in [-0.39, 0.29) is 1.43 Å². The highest BCUT2D eigenvalue weighted by Crippen LogP contribution is 2.45. The summed E-state index contributed by atoms with van der Waals surface area (Å²) in [5.74, 6) is 3.29. The molecule has 0 unspecified atom stereocenters. The first-order chi connectivity index (χ1) is 14.6. The molecule has 3 heterocycles. The largest absolute Gasteiger partial charge is 0.478 e. The molecule has 0 radical (unpaired) electrons. The smallest absolute Gasteiger partial charge is 0.218 e. The lowest BCUT2D eigenvalue weighted by molar-refractivity contribution is 0.288. The lowest BCUT2D eigenvalue weighted by Gasteiger charge is -2.17. The van der Waals surface area contributed by atoms with Gasteiger partial charge in [-0.05, 0) is 51.7 Å². The number of hydrogen-bond acceptors (Lipinski definition) is 9. The number of aryl methyl sites for hydroxylation is 2. The van der Waals surface area contributed by atoms with E-state index in [0.29, 0.717) is 36.7 Å². The zero-order chi connectivity index (χ0) is 21.5. The van der Waals surface area contributed by atoms with E-state index in [1.165, 1.54) is 12.1 Å². The molecule has 8 nitrogen and oxygen atoms in total. The molecular formula is C21H33N7OS. The molecule has 1 fully saturated rings. The van der Waals surface area contributed by atoms with E-state index in [4.69, 9.17) is 4.74 Å². The molecule has 0 saturated heterocycles. The van der Waals surface area contributed by atoms with Gasteiger partial charge < -0.3 is 20.9 Å². The average molecular weight is 432 g/mol. The summed E-state index contributed by atoms with van der Waals surface area (Å²) in [6, 6.07) is 1.84. The predicted octanol–water partition coefficient (Wildman–Crippen LogP) is 4.13. The molecule has 0 amide bonds. The van der Waals surface area contributed by atoms with Gasteiger partial charge in [-0.2, -0.15) is 4.98 Å². The van der Waals surface area contributed by atoms with Gasteiger partial charge in [0.05, 0.1) is 13.2 Å². The van der Waals surface area contributed by atoms with E-state index in [2.05, 4.69) is 48.5 Å². The fourth-order valence-electron chi connectivity index (χ4n) is 3.23. The van der Waals surface area contributed by atoms with Crippen LogP contribution >= 0.6 is 11.3 Å². The van der Waals surface area contributed by atoms with Gasteiger partial charge in [0.2, 0.25) is 5.88 Å². The summed E-state index contributed by atoms with van der Waals surface area (Å²) in [4.78, 5) is 8.80. The fourth-order valence-corrected chi connectivity index (χ4v) is 3.88. The first-order valence-electron chi connectivity index (χ1n) is 10.5. The Labute approximate surface area is 183 Å². The van der Waals surface area contributed by atoms with Gasteiger partial charge >= 0.3 is 0 Å². The minimum atomic E-state index is 0. The zero-order valence-electron chi connectivity index (χ0n) is 18.3. The van der Waals surface area contributed by atoms with E-state index in [9.17, 15) is 0 Å². The average Bonchev–Trinajstić information content (AvgIpc) is 3.39. The van der Waals surface area contributed by atoms with Crippen LogP contribution in [0.4, 0.5) is 5.82 Å². The number of ether oxygens (including phenoxy) is 1. The van der Waals surface area contributed by atoms with Crippen LogP contribution in [-0.2, 0) is 6.54 Å². The van der Waals surface area contributed by atoms with Crippen molar-refractivity contribution < 1.29 is 6.16 Å². The van der Waals surface area contributed by atoms with Crippen molar-refractivity contribution in [3.8, 4) is 5.88 Å². The third kappa shape index (κ3) is 6.16. The van der Waals surface area contributed by atoms with Gasteiger partial charge in [0.25, 0.3) is 0 Å². The Bertz CT molecular complexity index is 915. The second-order valence-corrected chi connectivity index (χ2v) is 8.43. The molecule has 2 aromatic heterocycles. The van der Waals surface area contributed by atoms with Crippen molar-refractivity contribution in [2.45, 2.75) is 54.0 Å². The quantitative estimate of drug-likeness (QED) is 0.574. The van der Waals surface area contributed by atoms with Gasteiger partial charge in [-0.25, -0.2) is 4.98 Å². The first kappa shape index (κ1) is 22.0. The van der Waals surface area contributed by atoms with Crippen molar-refractivity contribution in [2.75, 3.05) is 11.9 Å². The summed E-state index contributed by atoms with van der Waals surface area (Å²) in [7, 11) is 0. The number of nitrogens with one attached hydrogen (secondary N) is 3. The molecule has 2 aliphatic rings. The molecule has 9 heteroatoms. The lowest BCUT2D eigenvalue weighted by Crippen LogP contribution is -2.32. The number of nitrogens with zero attached hydrogens (tertiary/aromatic N) is 4. The number of rotatable bonds is 8. The van der Waals surface area contributed by atoms with E-state index >= 15 is 0 Å². The second kappa shape index (κ2) is 10.4. The van der Waals surface area contributed by atoms with Crippen LogP contribution in [0.15, 0.2) is 29.6 Å². The first-order valence-corrected chi connectivity index (χ1v) is 11.3. The molecule has 2 atom stereocenters. The Balaban J connectivity index is 0.00000111. The molecule has 3 N–H and O–H groups in total. The monoisotopic (exact) mass is 431 g/mol. The van der Waals surface area contributed by atoms with Crippen LogP contribution in [0, 0.1) is 25.7 Å². The van der Waals surface area contributed by atoms with Gasteiger partial charge in [0.15, 0.2) is 0 Å². The summed E-state index contributed by atoms with van der Waals surface area (Å²) in [6.07, 6.45) is 6.50. The highest BCUT2D eigenvalue weighted by atomic mass is 32.1. The van der Waals surface area contributed by atoms with Gasteiger partial charge in [0.1, 0.15) is 21.7 Å². The van der Waals surface area contributed by atoms with Gasteiger partial charge in [0, 0.05) is 24.8 Å². The zero-order valence-corrected chi connectivity index (χ0v) is 19.1. The maximum absolute atomic E-state index is 5.90. The summed E-state index contributed by atoms with van der Waals surface area (Å²) in [6.45, 7) is 11.1. The van der Waals surface area contributed by atoms with E-state index in [1.807, 2.05) is 40.7 Å². The Kier molecular flexibility index (Phi) is 7.62. The standard InChI is InChI=1S/C19H25N7OS.C2H6.H2/c1-11-4-5-16(25-23-11)15-8-14(15)6-7-27-18-9-17(21-12(2)22-18)20-10-19-26-24-13(3)28-19;1-2;/h4-5,9,14-15,23,25H,6-8,10H2,1-3H3,(H,20,21,22);1-2H3;1H/t14-,15-;;/m0../s1. The van der Waals surface area contributed by atoms with Gasteiger partial charge in [-0.3, -0.25) is 0 Å². The number of hydrogen-bond donors (Lipinski definition) is 3. The predicted molar refractivity (Wildman–Crippen MR) is 122 cm³/mol. The maximum atomic E-state index is 5.90. The molecule has 0 aromatic carbocycles. The van der Waals surface area contributed by atoms with Crippen molar-refractivity contribution in [1.82, 2.24) is 31.0 Å². The van der Waals surface area contributed by atoms with Crippen LogP contribution in [0.5, 0.6) is 5.88 Å². The van der Waals surface area contributed by atoms with E-state index in [1.54, 1.807) is 11.3 Å². The Morgan fingerprint density at radius 3 is 2.70 bits per heavy atom. The van der Waals surface area contributed by atoms with Crippen molar-refractivity contribution >= 4 is 17.2 Å². The van der Waals surface area contributed by atoms with Crippen molar-refractivity contribution in [3.63, 3.8) is 0 Å². The number of hydrazine groups is 1. The second-order valence-electron chi connectivity index (χ2n) is 7.17. The molecule has 0 spiro atoms. The van der Waals surface area contributed by atoms with Crippen LogP contribution in [0.1, 0.15) is 50.9 Å². The molecule has 1 aliphatic heterocycles. The minimum absolute atomic E-state index is 0. The molecule has 4 rings (SSSR count). The summed E-state index contributed by atoms with van der Waals surface area (Å²) >= 11 is 1.57. The summed E-state index contributed by atoms with van der Waals surface area (Å²) in [5, 5.41) is 13.3. The highest BCUT2D eigenvalue weighted by Gasteiger charge is 2.39. The van der Waals surface area contributed by atoms with Gasteiger partial charge in [-0.1, -0.05) is 25.2 Å². The molecule has 30 heavy (non-hydrogen) atoms. The normalized spacial score (nSPS) is 19.4. The SMILES string of the molecule is CC.CC1=CC=C([C@H]2C[C@@H]2CCOc2cc(NCc3nnc(C)s3)nc(C)n2)NN1.[HH]. The van der Waals surface area contributed by atoms with Crippen molar-refractivity contribution in [3.05, 3.63) is 45.5 Å². The Morgan fingerprint density at radius 2 is 2.00 bits per heavy atom. The van der Waals surface area contributed by atoms with Crippen LogP contribution < -0.4 is 20.9 Å². The Hall–Kier alpha value is -2.68. The fraction of sp³-hybridized carbons (Fsp3) is 0.524. The molecular weight excluding hydrogens is 398 g/mol. The van der Waals surface area contributed by atoms with Crippen LogP contribution in [-0.4, -0.2) is 26.8 Å².